The highest BCUT2D eigenvalue weighted by Gasteiger charge is 2.47. The molecule has 0 bridgehead atoms. The Labute approximate surface area is 125 Å². The normalized spacial score (nSPS) is 24.0. The van der Waals surface area contributed by atoms with E-state index in [4.69, 9.17) is 18.9 Å². The van der Waals surface area contributed by atoms with Crippen LogP contribution in [-0.4, -0.2) is 50.0 Å². The van der Waals surface area contributed by atoms with Crippen LogP contribution in [0.25, 0.3) is 0 Å². The van der Waals surface area contributed by atoms with Gasteiger partial charge in [-0.2, -0.15) is 0 Å². The maximum atomic E-state index is 10.2. The Morgan fingerprint density at radius 3 is 2.48 bits per heavy atom. The number of epoxide rings is 1. The fourth-order valence-electron chi connectivity index (χ4n) is 2.29. The lowest BCUT2D eigenvalue weighted by molar-refractivity contribution is -0.109. The highest BCUT2D eigenvalue weighted by atomic mass is 16.7. The summed E-state index contributed by atoms with van der Waals surface area (Å²) in [4.78, 5) is 0. The summed E-state index contributed by atoms with van der Waals surface area (Å²) in [6.07, 6.45) is -0.860. The van der Waals surface area contributed by atoms with E-state index in [0.29, 0.717) is 13.0 Å². The van der Waals surface area contributed by atoms with Crippen LogP contribution < -0.4 is 0 Å². The predicted octanol–water partition coefficient (Wildman–Crippen LogP) is 1.73. The molecule has 1 fully saturated rings. The van der Waals surface area contributed by atoms with Gasteiger partial charge in [-0.25, -0.2) is 0 Å². The van der Waals surface area contributed by atoms with Crippen molar-refractivity contribution in [2.75, 3.05) is 14.2 Å². The summed E-state index contributed by atoms with van der Waals surface area (Å²) < 4.78 is 21.5. The van der Waals surface area contributed by atoms with Gasteiger partial charge in [-0.1, -0.05) is 30.3 Å². The molecule has 1 N–H and O–H groups in total. The summed E-state index contributed by atoms with van der Waals surface area (Å²) in [5, 5.41) is 10.2. The van der Waals surface area contributed by atoms with Crippen molar-refractivity contribution >= 4 is 0 Å². The molecule has 1 aliphatic rings. The minimum Gasteiger partial charge on any atom is -0.388 e. The van der Waals surface area contributed by atoms with Gasteiger partial charge in [0, 0.05) is 20.6 Å². The lowest BCUT2D eigenvalue weighted by Gasteiger charge is -2.18. The van der Waals surface area contributed by atoms with Crippen LogP contribution in [0.2, 0.25) is 0 Å². The van der Waals surface area contributed by atoms with E-state index in [1.54, 1.807) is 14.2 Å². The standard InChI is InChI=1S/C16H24O5/c1-11(20-10-12-7-5-4-6-8-12)15(17)16-13(21-16)9-14(18-2)19-3/h4-8,11,13-17H,9-10H2,1-3H3/t11-,13-,15+,16-/m0/s1. The average Bonchev–Trinajstić information content (AvgIpc) is 3.29. The number of methoxy groups -OCH3 is 2. The molecule has 5 heteroatoms. The Kier molecular flexibility index (Phi) is 6.14. The molecule has 1 aromatic rings. The number of hydrogen-bond acceptors (Lipinski definition) is 5. The summed E-state index contributed by atoms with van der Waals surface area (Å²) in [5.41, 5.74) is 1.09. The quantitative estimate of drug-likeness (QED) is 0.555. The van der Waals surface area contributed by atoms with Crippen LogP contribution in [0.4, 0.5) is 0 Å². The van der Waals surface area contributed by atoms with Gasteiger partial charge in [0.1, 0.15) is 12.2 Å². The van der Waals surface area contributed by atoms with Crippen LogP contribution >= 0.6 is 0 Å². The van der Waals surface area contributed by atoms with Crippen LogP contribution in [-0.2, 0) is 25.6 Å². The fraction of sp³-hybridized carbons (Fsp3) is 0.625. The zero-order valence-electron chi connectivity index (χ0n) is 12.8. The molecule has 21 heavy (non-hydrogen) atoms. The van der Waals surface area contributed by atoms with Crippen LogP contribution in [0.15, 0.2) is 30.3 Å². The molecule has 0 saturated carbocycles. The number of aliphatic hydroxyl groups is 1. The van der Waals surface area contributed by atoms with Gasteiger partial charge in [0.2, 0.25) is 0 Å². The van der Waals surface area contributed by atoms with E-state index in [9.17, 15) is 5.11 Å². The van der Waals surface area contributed by atoms with Crippen molar-refractivity contribution in [2.24, 2.45) is 0 Å². The largest absolute Gasteiger partial charge is 0.388 e. The van der Waals surface area contributed by atoms with Crippen LogP contribution in [0.1, 0.15) is 18.9 Å². The van der Waals surface area contributed by atoms with E-state index in [-0.39, 0.29) is 24.6 Å². The maximum Gasteiger partial charge on any atom is 0.159 e. The second-order valence-electron chi connectivity index (χ2n) is 5.27. The smallest absolute Gasteiger partial charge is 0.159 e. The van der Waals surface area contributed by atoms with Crippen molar-refractivity contribution in [1.29, 1.82) is 0 Å². The third-order valence-electron chi connectivity index (χ3n) is 3.75. The maximum absolute atomic E-state index is 10.2. The predicted molar refractivity (Wildman–Crippen MR) is 77.8 cm³/mol. The van der Waals surface area contributed by atoms with Crippen LogP contribution in [0.3, 0.4) is 0 Å². The molecule has 0 amide bonds. The highest BCUT2D eigenvalue weighted by molar-refractivity contribution is 5.13. The molecule has 1 saturated heterocycles. The molecule has 1 aliphatic heterocycles. The summed E-state index contributed by atoms with van der Waals surface area (Å²) in [7, 11) is 3.18. The fourth-order valence-corrected chi connectivity index (χ4v) is 2.29. The zero-order chi connectivity index (χ0) is 15.2. The Balaban J connectivity index is 1.72. The molecular weight excluding hydrogens is 272 g/mol. The summed E-state index contributed by atoms with van der Waals surface area (Å²) in [6, 6.07) is 9.89. The number of rotatable bonds is 9. The molecule has 0 aliphatic carbocycles. The number of hydrogen-bond donors (Lipinski definition) is 1. The monoisotopic (exact) mass is 296 g/mol. The molecule has 0 radical (unpaired) electrons. The van der Waals surface area contributed by atoms with Gasteiger partial charge in [0.05, 0.1) is 18.8 Å². The molecule has 0 spiro atoms. The Hall–Kier alpha value is -0.980. The van der Waals surface area contributed by atoms with Crippen molar-refractivity contribution < 1.29 is 24.1 Å². The van der Waals surface area contributed by atoms with E-state index >= 15 is 0 Å². The van der Waals surface area contributed by atoms with Crippen LogP contribution in [0.5, 0.6) is 0 Å². The minimum atomic E-state index is -0.645. The second-order valence-corrected chi connectivity index (χ2v) is 5.27. The molecular formula is C16H24O5. The van der Waals surface area contributed by atoms with Gasteiger partial charge in [0.25, 0.3) is 0 Å². The van der Waals surface area contributed by atoms with Gasteiger partial charge < -0.3 is 24.1 Å². The first-order valence-electron chi connectivity index (χ1n) is 7.20. The molecule has 118 valence electrons. The lowest BCUT2D eigenvalue weighted by atomic mass is 10.1. The van der Waals surface area contributed by atoms with Crippen molar-refractivity contribution in [3.8, 4) is 0 Å². The van der Waals surface area contributed by atoms with E-state index in [1.807, 2.05) is 37.3 Å². The molecule has 4 atom stereocenters. The van der Waals surface area contributed by atoms with Crippen molar-refractivity contribution in [3.63, 3.8) is 0 Å². The number of benzene rings is 1. The molecule has 5 nitrogen and oxygen atoms in total. The minimum absolute atomic E-state index is 0.0346. The first kappa shape index (κ1) is 16.4. The third-order valence-corrected chi connectivity index (χ3v) is 3.75. The zero-order valence-corrected chi connectivity index (χ0v) is 12.8. The van der Waals surface area contributed by atoms with Gasteiger partial charge in [-0.3, -0.25) is 0 Å². The number of ether oxygens (including phenoxy) is 4. The molecule has 0 unspecified atom stereocenters. The highest BCUT2D eigenvalue weighted by Crippen LogP contribution is 2.32. The Morgan fingerprint density at radius 2 is 1.86 bits per heavy atom. The van der Waals surface area contributed by atoms with Crippen molar-refractivity contribution in [1.82, 2.24) is 0 Å². The second kappa shape index (κ2) is 7.87. The average molecular weight is 296 g/mol. The number of aliphatic hydroxyl groups excluding tert-OH is 1. The summed E-state index contributed by atoms with van der Waals surface area (Å²) >= 11 is 0. The van der Waals surface area contributed by atoms with Crippen molar-refractivity contribution in [2.45, 2.75) is 50.7 Å². The molecule has 1 aromatic carbocycles. The lowest BCUT2D eigenvalue weighted by Crippen LogP contribution is -2.32. The van der Waals surface area contributed by atoms with E-state index < -0.39 is 6.10 Å². The first-order chi connectivity index (χ1) is 10.2. The van der Waals surface area contributed by atoms with Crippen molar-refractivity contribution in [3.05, 3.63) is 35.9 Å². The van der Waals surface area contributed by atoms with E-state index in [0.717, 1.165) is 5.56 Å². The summed E-state index contributed by atoms with van der Waals surface area (Å²) in [5.74, 6) is 0. The van der Waals surface area contributed by atoms with Gasteiger partial charge in [0.15, 0.2) is 6.29 Å². The van der Waals surface area contributed by atoms with Gasteiger partial charge in [-0.05, 0) is 12.5 Å². The van der Waals surface area contributed by atoms with E-state index in [1.165, 1.54) is 0 Å². The SMILES string of the molecule is COC(C[C@@H]1O[C@@H]1[C@H](O)[C@H](C)OCc1ccccc1)OC. The topological polar surface area (TPSA) is 60.5 Å². The van der Waals surface area contributed by atoms with Crippen LogP contribution in [0, 0.1) is 0 Å². The summed E-state index contributed by atoms with van der Waals surface area (Å²) in [6.45, 7) is 2.34. The molecule has 0 aromatic heterocycles. The molecule has 2 rings (SSSR count). The Bertz CT molecular complexity index is 406. The first-order valence-corrected chi connectivity index (χ1v) is 7.20. The van der Waals surface area contributed by atoms with E-state index in [2.05, 4.69) is 0 Å². The molecule has 1 heterocycles. The van der Waals surface area contributed by atoms with Gasteiger partial charge >= 0.3 is 0 Å². The Morgan fingerprint density at radius 1 is 1.19 bits per heavy atom. The third kappa shape index (κ3) is 4.76. The van der Waals surface area contributed by atoms with Gasteiger partial charge in [-0.15, -0.1) is 0 Å².